The molecule has 0 saturated heterocycles. The molecule has 0 heterocycles. The Hall–Kier alpha value is -2.11. The quantitative estimate of drug-likeness (QED) is 0.363. The monoisotopic (exact) mass is 309 g/mol. The minimum absolute atomic E-state index is 0.183. The summed E-state index contributed by atoms with van der Waals surface area (Å²) in [6, 6.07) is 6.42. The standard InChI is InChI=1S/C16H24FN3O2/c1-18-16(19-11-5-4-6-15(21)22-3)20(2)12-13-7-9-14(17)10-8-13/h7-10H,4-6,11-12H2,1-3H3,(H,18,19). The fourth-order valence-corrected chi connectivity index (χ4v) is 2.02. The Kier molecular flexibility index (Phi) is 7.96. The number of benzene rings is 1. The van der Waals surface area contributed by atoms with Gasteiger partial charge in [-0.2, -0.15) is 0 Å². The van der Waals surface area contributed by atoms with Gasteiger partial charge in [0.1, 0.15) is 5.82 Å². The van der Waals surface area contributed by atoms with Crippen molar-refractivity contribution >= 4 is 11.9 Å². The molecule has 1 aromatic carbocycles. The highest BCUT2D eigenvalue weighted by molar-refractivity contribution is 5.79. The van der Waals surface area contributed by atoms with Gasteiger partial charge in [0.2, 0.25) is 0 Å². The Bertz CT molecular complexity index is 489. The fraction of sp³-hybridized carbons (Fsp3) is 0.500. The van der Waals surface area contributed by atoms with Gasteiger partial charge >= 0.3 is 5.97 Å². The highest BCUT2D eigenvalue weighted by Crippen LogP contribution is 2.05. The Labute approximate surface area is 131 Å². The van der Waals surface area contributed by atoms with E-state index < -0.39 is 0 Å². The van der Waals surface area contributed by atoms with Gasteiger partial charge in [-0.25, -0.2) is 4.39 Å². The number of carbonyl (C=O) groups is 1. The molecule has 0 spiro atoms. The third-order valence-corrected chi connectivity index (χ3v) is 3.22. The molecule has 0 atom stereocenters. The second kappa shape index (κ2) is 9.76. The van der Waals surface area contributed by atoms with Crippen LogP contribution in [-0.2, 0) is 16.1 Å². The van der Waals surface area contributed by atoms with Gasteiger partial charge in [-0.1, -0.05) is 12.1 Å². The molecule has 22 heavy (non-hydrogen) atoms. The maximum Gasteiger partial charge on any atom is 0.305 e. The molecule has 1 aromatic rings. The van der Waals surface area contributed by atoms with E-state index in [1.165, 1.54) is 19.2 Å². The average Bonchev–Trinajstić information content (AvgIpc) is 2.52. The normalized spacial score (nSPS) is 11.2. The van der Waals surface area contributed by atoms with E-state index in [-0.39, 0.29) is 11.8 Å². The van der Waals surface area contributed by atoms with Crippen molar-refractivity contribution in [2.75, 3.05) is 27.7 Å². The number of carbonyl (C=O) groups excluding carboxylic acids is 1. The van der Waals surface area contributed by atoms with Gasteiger partial charge in [0.15, 0.2) is 5.96 Å². The van der Waals surface area contributed by atoms with Gasteiger partial charge in [0.05, 0.1) is 7.11 Å². The van der Waals surface area contributed by atoms with Gasteiger partial charge in [-0.05, 0) is 30.5 Å². The van der Waals surface area contributed by atoms with Crippen molar-refractivity contribution in [2.45, 2.75) is 25.8 Å². The molecule has 1 rings (SSSR count). The van der Waals surface area contributed by atoms with Crippen LogP contribution in [0.25, 0.3) is 0 Å². The van der Waals surface area contributed by atoms with Crippen molar-refractivity contribution in [3.05, 3.63) is 35.6 Å². The number of esters is 1. The number of hydrogen-bond acceptors (Lipinski definition) is 3. The summed E-state index contributed by atoms with van der Waals surface area (Å²) in [4.78, 5) is 17.2. The van der Waals surface area contributed by atoms with Crippen molar-refractivity contribution in [1.82, 2.24) is 10.2 Å². The van der Waals surface area contributed by atoms with Crippen molar-refractivity contribution in [3.8, 4) is 0 Å². The van der Waals surface area contributed by atoms with Crippen molar-refractivity contribution in [3.63, 3.8) is 0 Å². The van der Waals surface area contributed by atoms with E-state index in [9.17, 15) is 9.18 Å². The lowest BCUT2D eigenvalue weighted by Crippen LogP contribution is -2.38. The van der Waals surface area contributed by atoms with Crippen LogP contribution in [0.3, 0.4) is 0 Å². The molecule has 0 aliphatic heterocycles. The number of ether oxygens (including phenoxy) is 1. The first-order valence-corrected chi connectivity index (χ1v) is 7.30. The molecular formula is C16H24FN3O2. The molecule has 0 bridgehead atoms. The molecule has 0 aliphatic rings. The number of nitrogens with zero attached hydrogens (tertiary/aromatic N) is 2. The van der Waals surface area contributed by atoms with Crippen LogP contribution in [0.5, 0.6) is 0 Å². The molecule has 0 aliphatic carbocycles. The summed E-state index contributed by atoms with van der Waals surface area (Å²) in [6.45, 7) is 1.37. The SMILES string of the molecule is CN=C(NCCCCC(=O)OC)N(C)Cc1ccc(F)cc1. The summed E-state index contributed by atoms with van der Waals surface area (Å²) in [5, 5.41) is 3.24. The third-order valence-electron chi connectivity index (χ3n) is 3.22. The number of methoxy groups -OCH3 is 1. The molecule has 0 saturated carbocycles. The lowest BCUT2D eigenvalue weighted by molar-refractivity contribution is -0.140. The van der Waals surface area contributed by atoms with Crippen LogP contribution in [0.2, 0.25) is 0 Å². The number of halogens is 1. The second-order valence-electron chi connectivity index (χ2n) is 4.99. The van der Waals surface area contributed by atoms with Crippen LogP contribution < -0.4 is 5.32 Å². The lowest BCUT2D eigenvalue weighted by Gasteiger charge is -2.22. The number of unbranched alkanes of at least 4 members (excludes halogenated alkanes) is 1. The molecule has 122 valence electrons. The highest BCUT2D eigenvalue weighted by atomic mass is 19.1. The van der Waals surface area contributed by atoms with Crippen LogP contribution in [0, 0.1) is 5.82 Å². The topological polar surface area (TPSA) is 53.9 Å². The molecule has 1 N–H and O–H groups in total. The fourth-order valence-electron chi connectivity index (χ4n) is 2.02. The number of aliphatic imine (C=N–C) groups is 1. The van der Waals surface area contributed by atoms with Crippen LogP contribution in [0.1, 0.15) is 24.8 Å². The second-order valence-corrected chi connectivity index (χ2v) is 4.99. The number of hydrogen-bond donors (Lipinski definition) is 1. The molecule has 6 heteroatoms. The van der Waals surface area contributed by atoms with E-state index >= 15 is 0 Å². The van der Waals surface area contributed by atoms with Gasteiger partial charge in [0, 0.05) is 33.6 Å². The minimum atomic E-state index is -0.237. The summed E-state index contributed by atoms with van der Waals surface area (Å²) >= 11 is 0. The van der Waals surface area contributed by atoms with Crippen LogP contribution in [0.4, 0.5) is 4.39 Å². The average molecular weight is 309 g/mol. The predicted molar refractivity (Wildman–Crippen MR) is 85.1 cm³/mol. The van der Waals surface area contributed by atoms with Crippen LogP contribution >= 0.6 is 0 Å². The number of guanidine groups is 1. The van der Waals surface area contributed by atoms with E-state index in [1.807, 2.05) is 11.9 Å². The van der Waals surface area contributed by atoms with E-state index in [4.69, 9.17) is 0 Å². The Morgan fingerprint density at radius 1 is 1.32 bits per heavy atom. The van der Waals surface area contributed by atoms with Gasteiger partial charge < -0.3 is 15.0 Å². The molecule has 0 fully saturated rings. The summed E-state index contributed by atoms with van der Waals surface area (Å²) in [5.41, 5.74) is 1.01. The highest BCUT2D eigenvalue weighted by Gasteiger charge is 2.06. The van der Waals surface area contributed by atoms with E-state index in [0.29, 0.717) is 13.0 Å². The van der Waals surface area contributed by atoms with Crippen molar-refractivity contribution in [1.29, 1.82) is 0 Å². The third kappa shape index (κ3) is 6.56. The first-order valence-electron chi connectivity index (χ1n) is 7.30. The zero-order chi connectivity index (χ0) is 16.4. The Morgan fingerprint density at radius 3 is 2.59 bits per heavy atom. The predicted octanol–water partition coefficient (Wildman–Crippen LogP) is 2.18. The molecular weight excluding hydrogens is 285 g/mol. The molecule has 5 nitrogen and oxygen atoms in total. The van der Waals surface area contributed by atoms with Gasteiger partial charge in [-0.15, -0.1) is 0 Å². The molecule has 0 aromatic heterocycles. The largest absolute Gasteiger partial charge is 0.469 e. The van der Waals surface area contributed by atoms with E-state index in [1.54, 1.807) is 19.2 Å². The minimum Gasteiger partial charge on any atom is -0.469 e. The molecule has 0 radical (unpaired) electrons. The van der Waals surface area contributed by atoms with Crippen LogP contribution in [-0.4, -0.2) is 44.6 Å². The Balaban J connectivity index is 2.34. The molecule has 0 unspecified atom stereocenters. The van der Waals surface area contributed by atoms with Gasteiger partial charge in [0.25, 0.3) is 0 Å². The maximum absolute atomic E-state index is 12.9. The zero-order valence-corrected chi connectivity index (χ0v) is 13.4. The smallest absolute Gasteiger partial charge is 0.305 e. The van der Waals surface area contributed by atoms with Crippen molar-refractivity contribution < 1.29 is 13.9 Å². The molecule has 0 amide bonds. The lowest BCUT2D eigenvalue weighted by atomic mass is 10.2. The number of nitrogens with one attached hydrogen (secondary N) is 1. The van der Waals surface area contributed by atoms with E-state index in [2.05, 4.69) is 15.0 Å². The van der Waals surface area contributed by atoms with Crippen LogP contribution in [0.15, 0.2) is 29.3 Å². The van der Waals surface area contributed by atoms with Gasteiger partial charge in [-0.3, -0.25) is 9.79 Å². The summed E-state index contributed by atoms with van der Waals surface area (Å²) in [5.74, 6) is 0.347. The number of rotatable bonds is 7. The maximum atomic E-state index is 12.9. The Morgan fingerprint density at radius 2 is 2.00 bits per heavy atom. The zero-order valence-electron chi connectivity index (χ0n) is 13.4. The first kappa shape index (κ1) is 17.9. The summed E-state index contributed by atoms with van der Waals surface area (Å²) in [6.07, 6.45) is 2.07. The van der Waals surface area contributed by atoms with Crippen molar-refractivity contribution in [2.24, 2.45) is 4.99 Å². The summed E-state index contributed by atoms with van der Waals surface area (Å²) < 4.78 is 17.5. The van der Waals surface area contributed by atoms with E-state index in [0.717, 1.165) is 30.9 Å². The first-order chi connectivity index (χ1) is 10.6. The summed E-state index contributed by atoms with van der Waals surface area (Å²) in [7, 11) is 5.04.